The van der Waals surface area contributed by atoms with Crippen molar-refractivity contribution >= 4 is 34.6 Å². The first-order chi connectivity index (χ1) is 11.6. The van der Waals surface area contributed by atoms with E-state index in [4.69, 9.17) is 12.2 Å². The standard InChI is InChI=1S/C19H25N3OS/c1-12-9-15(6-7-17(12)22-8-2-3-18(22)23)20-19(24)21-16-11-13-4-5-14(16)10-13/h6-7,9,13-14,16H,2-5,8,10-11H2,1H3,(H2,20,21,24)/t13-,14-,16-/m1/s1. The van der Waals surface area contributed by atoms with E-state index in [0.29, 0.717) is 12.5 Å². The third-order valence-corrected chi connectivity index (χ3v) is 6.09. The summed E-state index contributed by atoms with van der Waals surface area (Å²) in [6.07, 6.45) is 7.01. The Morgan fingerprint density at radius 1 is 1.29 bits per heavy atom. The number of nitrogens with one attached hydrogen (secondary N) is 2. The van der Waals surface area contributed by atoms with E-state index >= 15 is 0 Å². The first-order valence-electron chi connectivity index (χ1n) is 9.08. The van der Waals surface area contributed by atoms with Gasteiger partial charge in [0.15, 0.2) is 5.11 Å². The molecule has 1 aromatic rings. The Morgan fingerprint density at radius 3 is 2.79 bits per heavy atom. The molecule has 2 N–H and O–H groups in total. The van der Waals surface area contributed by atoms with Crippen LogP contribution in [0.25, 0.3) is 0 Å². The maximum Gasteiger partial charge on any atom is 0.227 e. The maximum atomic E-state index is 11.9. The average Bonchev–Trinajstić information content (AvgIpc) is 3.24. The highest BCUT2D eigenvalue weighted by Gasteiger charge is 2.39. The molecule has 24 heavy (non-hydrogen) atoms. The second-order valence-corrected chi connectivity index (χ2v) is 7.94. The van der Waals surface area contributed by atoms with Gasteiger partial charge in [-0.05, 0) is 80.4 Å². The fourth-order valence-corrected chi connectivity index (χ4v) is 4.97. The molecule has 5 heteroatoms. The van der Waals surface area contributed by atoms with Gasteiger partial charge in [0.1, 0.15) is 0 Å². The van der Waals surface area contributed by atoms with Crippen LogP contribution in [-0.4, -0.2) is 23.6 Å². The van der Waals surface area contributed by atoms with Crippen LogP contribution in [0.5, 0.6) is 0 Å². The molecule has 0 spiro atoms. The quantitative estimate of drug-likeness (QED) is 0.823. The van der Waals surface area contributed by atoms with Crippen molar-refractivity contribution in [2.75, 3.05) is 16.8 Å². The number of carbonyl (C=O) groups excluding carboxylic acids is 1. The molecule has 0 aromatic heterocycles. The minimum atomic E-state index is 0.229. The lowest BCUT2D eigenvalue weighted by Gasteiger charge is -2.25. The number of hydrogen-bond donors (Lipinski definition) is 2. The lowest BCUT2D eigenvalue weighted by atomic mass is 9.95. The second kappa shape index (κ2) is 6.36. The number of fused-ring (bicyclic) bond motifs is 2. The number of hydrogen-bond acceptors (Lipinski definition) is 2. The summed E-state index contributed by atoms with van der Waals surface area (Å²) < 4.78 is 0. The molecule has 2 saturated carbocycles. The Hall–Kier alpha value is -1.62. The summed E-state index contributed by atoms with van der Waals surface area (Å²) in [6.45, 7) is 2.88. The zero-order valence-corrected chi connectivity index (χ0v) is 15.0. The van der Waals surface area contributed by atoms with Crippen LogP contribution in [0.1, 0.15) is 44.1 Å². The molecular weight excluding hydrogens is 318 g/mol. The Labute approximate surface area is 149 Å². The molecule has 3 atom stereocenters. The highest BCUT2D eigenvalue weighted by Crippen LogP contribution is 2.44. The van der Waals surface area contributed by atoms with Crippen LogP contribution in [-0.2, 0) is 4.79 Å². The Kier molecular flexibility index (Phi) is 4.21. The van der Waals surface area contributed by atoms with Crippen LogP contribution < -0.4 is 15.5 Å². The van der Waals surface area contributed by atoms with Gasteiger partial charge in [-0.25, -0.2) is 0 Å². The van der Waals surface area contributed by atoms with Crippen molar-refractivity contribution in [3.05, 3.63) is 23.8 Å². The predicted octanol–water partition coefficient (Wildman–Crippen LogP) is 3.60. The molecule has 1 aliphatic heterocycles. The Balaban J connectivity index is 1.38. The summed E-state index contributed by atoms with van der Waals surface area (Å²) in [4.78, 5) is 13.8. The van der Waals surface area contributed by atoms with Crippen LogP contribution in [0.4, 0.5) is 11.4 Å². The molecule has 0 unspecified atom stereocenters. The lowest BCUT2D eigenvalue weighted by Crippen LogP contribution is -2.40. The highest BCUT2D eigenvalue weighted by molar-refractivity contribution is 7.80. The molecule has 0 radical (unpaired) electrons. The summed E-state index contributed by atoms with van der Waals surface area (Å²) in [5.41, 5.74) is 3.12. The molecule has 1 amide bonds. The van der Waals surface area contributed by atoms with Crippen molar-refractivity contribution in [3.63, 3.8) is 0 Å². The minimum absolute atomic E-state index is 0.229. The van der Waals surface area contributed by atoms with Crippen LogP contribution in [0.3, 0.4) is 0 Å². The second-order valence-electron chi connectivity index (χ2n) is 7.53. The third kappa shape index (κ3) is 3.02. The van der Waals surface area contributed by atoms with Crippen LogP contribution in [0.15, 0.2) is 18.2 Å². The van der Waals surface area contributed by atoms with Gasteiger partial charge in [-0.15, -0.1) is 0 Å². The SMILES string of the molecule is Cc1cc(NC(=S)N[C@@H]2C[C@@H]3CC[C@@H]2C3)ccc1N1CCCC1=O. The normalized spacial score (nSPS) is 28.5. The van der Waals surface area contributed by atoms with Gasteiger partial charge in [-0.1, -0.05) is 6.42 Å². The van der Waals surface area contributed by atoms with Crippen molar-refractivity contribution in [1.82, 2.24) is 5.32 Å². The topological polar surface area (TPSA) is 44.4 Å². The van der Waals surface area contributed by atoms with Gasteiger partial charge in [0.25, 0.3) is 0 Å². The molecule has 1 aromatic carbocycles. The van der Waals surface area contributed by atoms with Gasteiger partial charge in [-0.3, -0.25) is 4.79 Å². The van der Waals surface area contributed by atoms with E-state index in [-0.39, 0.29) is 5.91 Å². The fourth-order valence-electron chi connectivity index (χ4n) is 4.70. The van der Waals surface area contributed by atoms with E-state index < -0.39 is 0 Å². The Bertz CT molecular complexity index is 675. The van der Waals surface area contributed by atoms with E-state index in [1.54, 1.807) is 0 Å². The number of amides is 1. The molecular formula is C19H25N3OS. The summed E-state index contributed by atoms with van der Waals surface area (Å²) in [6, 6.07) is 6.67. The molecule has 2 bridgehead atoms. The number of aryl methyl sites for hydroxylation is 1. The smallest absolute Gasteiger partial charge is 0.227 e. The lowest BCUT2D eigenvalue weighted by molar-refractivity contribution is -0.117. The number of nitrogens with zero attached hydrogens (tertiary/aromatic N) is 1. The van der Waals surface area contributed by atoms with Crippen molar-refractivity contribution in [2.45, 2.75) is 51.5 Å². The largest absolute Gasteiger partial charge is 0.359 e. The van der Waals surface area contributed by atoms with E-state index in [2.05, 4.69) is 23.6 Å². The van der Waals surface area contributed by atoms with Gasteiger partial charge < -0.3 is 15.5 Å². The van der Waals surface area contributed by atoms with Crippen LogP contribution in [0, 0.1) is 18.8 Å². The van der Waals surface area contributed by atoms with Crippen LogP contribution in [0.2, 0.25) is 0 Å². The number of thiocarbonyl (C=S) groups is 1. The average molecular weight is 343 g/mol. The molecule has 3 fully saturated rings. The number of rotatable bonds is 3. The highest BCUT2D eigenvalue weighted by atomic mass is 32.1. The summed E-state index contributed by atoms with van der Waals surface area (Å²) in [5.74, 6) is 1.95. The van der Waals surface area contributed by atoms with Crippen molar-refractivity contribution < 1.29 is 4.79 Å². The predicted molar refractivity (Wildman–Crippen MR) is 101 cm³/mol. The van der Waals surface area contributed by atoms with Gasteiger partial charge >= 0.3 is 0 Å². The first kappa shape index (κ1) is 15.9. The maximum absolute atomic E-state index is 11.9. The first-order valence-corrected chi connectivity index (χ1v) is 9.49. The van der Waals surface area contributed by atoms with Crippen molar-refractivity contribution in [3.8, 4) is 0 Å². The van der Waals surface area contributed by atoms with Crippen molar-refractivity contribution in [1.29, 1.82) is 0 Å². The molecule has 2 aliphatic carbocycles. The van der Waals surface area contributed by atoms with E-state index in [1.165, 1.54) is 25.7 Å². The molecule has 1 saturated heterocycles. The summed E-state index contributed by atoms with van der Waals surface area (Å²) >= 11 is 5.50. The summed E-state index contributed by atoms with van der Waals surface area (Å²) in [5, 5.41) is 7.55. The molecule has 4 rings (SSSR count). The van der Waals surface area contributed by atoms with Crippen LogP contribution >= 0.6 is 12.2 Å². The monoisotopic (exact) mass is 343 g/mol. The molecule has 3 aliphatic rings. The molecule has 4 nitrogen and oxygen atoms in total. The fraction of sp³-hybridized carbons (Fsp3) is 0.579. The Morgan fingerprint density at radius 2 is 2.17 bits per heavy atom. The third-order valence-electron chi connectivity index (χ3n) is 5.87. The van der Waals surface area contributed by atoms with E-state index in [0.717, 1.165) is 46.9 Å². The number of carbonyl (C=O) groups is 1. The molecule has 1 heterocycles. The van der Waals surface area contributed by atoms with Crippen molar-refractivity contribution in [2.24, 2.45) is 11.8 Å². The van der Waals surface area contributed by atoms with Gasteiger partial charge in [0, 0.05) is 30.4 Å². The van der Waals surface area contributed by atoms with Gasteiger partial charge in [0.2, 0.25) is 5.91 Å². The zero-order chi connectivity index (χ0) is 16.7. The number of anilines is 2. The number of benzene rings is 1. The van der Waals surface area contributed by atoms with Gasteiger partial charge in [0.05, 0.1) is 0 Å². The van der Waals surface area contributed by atoms with Gasteiger partial charge in [-0.2, -0.15) is 0 Å². The zero-order valence-electron chi connectivity index (χ0n) is 14.2. The molecule has 128 valence electrons. The van der Waals surface area contributed by atoms with E-state index in [9.17, 15) is 4.79 Å². The minimum Gasteiger partial charge on any atom is -0.359 e. The summed E-state index contributed by atoms with van der Waals surface area (Å²) in [7, 11) is 0. The van der Waals surface area contributed by atoms with E-state index in [1.807, 2.05) is 17.0 Å².